The van der Waals surface area contributed by atoms with Gasteiger partial charge in [-0.3, -0.25) is 5.41 Å². The first kappa shape index (κ1) is 11.5. The summed E-state index contributed by atoms with van der Waals surface area (Å²) in [4.78, 5) is 2.44. The third-order valence-electron chi connectivity index (χ3n) is 3.48. The van der Waals surface area contributed by atoms with Crippen molar-refractivity contribution in [2.75, 3.05) is 19.6 Å². The van der Waals surface area contributed by atoms with Gasteiger partial charge in [-0.15, -0.1) is 0 Å². The van der Waals surface area contributed by atoms with Crippen LogP contribution in [0.15, 0.2) is 0 Å². The van der Waals surface area contributed by atoms with Crippen molar-refractivity contribution in [1.29, 1.82) is 5.41 Å². The Morgan fingerprint density at radius 1 is 1.50 bits per heavy atom. The van der Waals surface area contributed by atoms with Gasteiger partial charge in [0.15, 0.2) is 0 Å². The highest BCUT2D eigenvalue weighted by molar-refractivity contribution is 5.79. The third-order valence-corrected chi connectivity index (χ3v) is 3.48. The number of piperidine rings is 1. The van der Waals surface area contributed by atoms with Gasteiger partial charge in [0.1, 0.15) is 0 Å². The molecule has 0 spiro atoms. The SMILES string of the molecule is CC(CN1CCC(C)C(C)C1)C(=N)N. The maximum Gasteiger partial charge on any atom is 0.0947 e. The van der Waals surface area contributed by atoms with E-state index in [2.05, 4.69) is 18.7 Å². The highest BCUT2D eigenvalue weighted by atomic mass is 15.1. The molecule has 1 aliphatic rings. The van der Waals surface area contributed by atoms with Crippen LogP contribution in [0.25, 0.3) is 0 Å². The molecule has 0 aromatic heterocycles. The summed E-state index contributed by atoms with van der Waals surface area (Å²) in [6.45, 7) is 9.96. The number of nitrogens with zero attached hydrogens (tertiary/aromatic N) is 1. The van der Waals surface area contributed by atoms with Gasteiger partial charge in [0.25, 0.3) is 0 Å². The largest absolute Gasteiger partial charge is 0.387 e. The average Bonchev–Trinajstić information content (AvgIpc) is 2.11. The molecule has 3 atom stereocenters. The Morgan fingerprint density at radius 2 is 2.14 bits per heavy atom. The zero-order valence-corrected chi connectivity index (χ0v) is 9.59. The molecule has 0 radical (unpaired) electrons. The van der Waals surface area contributed by atoms with Gasteiger partial charge in [0, 0.05) is 19.0 Å². The van der Waals surface area contributed by atoms with Crippen molar-refractivity contribution in [3.05, 3.63) is 0 Å². The summed E-state index contributed by atoms with van der Waals surface area (Å²) in [5, 5.41) is 7.36. The zero-order chi connectivity index (χ0) is 10.7. The highest BCUT2D eigenvalue weighted by Crippen LogP contribution is 2.22. The Hall–Kier alpha value is -0.570. The monoisotopic (exact) mass is 197 g/mol. The Labute approximate surface area is 87.2 Å². The summed E-state index contributed by atoms with van der Waals surface area (Å²) in [5.41, 5.74) is 5.47. The van der Waals surface area contributed by atoms with Gasteiger partial charge >= 0.3 is 0 Å². The van der Waals surface area contributed by atoms with Crippen LogP contribution in [0, 0.1) is 23.2 Å². The van der Waals surface area contributed by atoms with Crippen molar-refractivity contribution < 1.29 is 0 Å². The molecule has 3 heteroatoms. The first-order chi connectivity index (χ1) is 6.50. The predicted molar refractivity (Wildman–Crippen MR) is 60.5 cm³/mol. The minimum atomic E-state index is 0.204. The van der Waals surface area contributed by atoms with Gasteiger partial charge in [-0.2, -0.15) is 0 Å². The number of hydrogen-bond donors (Lipinski definition) is 2. The molecule has 3 nitrogen and oxygen atoms in total. The minimum Gasteiger partial charge on any atom is -0.387 e. The molecule has 1 rings (SSSR count). The molecule has 1 saturated heterocycles. The summed E-state index contributed by atoms with van der Waals surface area (Å²) < 4.78 is 0. The van der Waals surface area contributed by atoms with Crippen LogP contribution in [-0.4, -0.2) is 30.4 Å². The number of nitrogens with two attached hydrogens (primary N) is 1. The number of rotatable bonds is 3. The fourth-order valence-corrected chi connectivity index (χ4v) is 2.00. The molecule has 0 bridgehead atoms. The van der Waals surface area contributed by atoms with Gasteiger partial charge in [0.2, 0.25) is 0 Å². The molecular formula is C11H23N3. The van der Waals surface area contributed by atoms with E-state index in [0.717, 1.165) is 18.4 Å². The summed E-state index contributed by atoms with van der Waals surface area (Å²) in [6, 6.07) is 0. The molecule has 1 aliphatic heterocycles. The van der Waals surface area contributed by atoms with Crippen LogP contribution in [0.2, 0.25) is 0 Å². The first-order valence-electron chi connectivity index (χ1n) is 5.57. The molecule has 3 unspecified atom stereocenters. The Balaban J connectivity index is 2.36. The fourth-order valence-electron chi connectivity index (χ4n) is 2.00. The molecule has 0 saturated carbocycles. The van der Waals surface area contributed by atoms with Crippen LogP contribution >= 0.6 is 0 Å². The van der Waals surface area contributed by atoms with Crippen molar-refractivity contribution in [2.24, 2.45) is 23.5 Å². The lowest BCUT2D eigenvalue weighted by molar-refractivity contribution is 0.132. The lowest BCUT2D eigenvalue weighted by atomic mass is 9.88. The zero-order valence-electron chi connectivity index (χ0n) is 9.59. The maximum absolute atomic E-state index is 7.36. The number of nitrogens with one attached hydrogen (secondary N) is 1. The average molecular weight is 197 g/mol. The molecule has 0 aromatic rings. The quantitative estimate of drug-likeness (QED) is 0.532. The van der Waals surface area contributed by atoms with E-state index in [4.69, 9.17) is 11.1 Å². The second kappa shape index (κ2) is 4.78. The third kappa shape index (κ3) is 2.98. The molecule has 1 heterocycles. The van der Waals surface area contributed by atoms with Crippen LogP contribution in [0.4, 0.5) is 0 Å². The fraction of sp³-hybridized carbons (Fsp3) is 0.909. The van der Waals surface area contributed by atoms with Gasteiger partial charge in [-0.1, -0.05) is 20.8 Å². The Morgan fingerprint density at radius 3 is 2.64 bits per heavy atom. The molecule has 0 aromatic carbocycles. The van der Waals surface area contributed by atoms with E-state index in [1.807, 2.05) is 6.92 Å². The van der Waals surface area contributed by atoms with Crippen LogP contribution < -0.4 is 5.73 Å². The standard InChI is InChI=1S/C11H23N3/c1-8-4-5-14(6-9(8)2)7-10(3)11(12)13/h8-10H,4-7H2,1-3H3,(H3,12,13). The van der Waals surface area contributed by atoms with E-state index in [0.29, 0.717) is 5.84 Å². The lowest BCUT2D eigenvalue weighted by Gasteiger charge is -2.36. The van der Waals surface area contributed by atoms with Gasteiger partial charge < -0.3 is 10.6 Å². The van der Waals surface area contributed by atoms with Crippen molar-refractivity contribution in [3.8, 4) is 0 Å². The van der Waals surface area contributed by atoms with Crippen molar-refractivity contribution in [3.63, 3.8) is 0 Å². The predicted octanol–water partition coefficient (Wildman–Crippen LogP) is 1.54. The molecule has 3 N–H and O–H groups in total. The van der Waals surface area contributed by atoms with Crippen LogP contribution in [0.1, 0.15) is 27.2 Å². The second-order valence-corrected chi connectivity index (χ2v) is 4.86. The molecule has 0 amide bonds. The van der Waals surface area contributed by atoms with Crippen LogP contribution in [-0.2, 0) is 0 Å². The van der Waals surface area contributed by atoms with Crippen LogP contribution in [0.5, 0.6) is 0 Å². The Bertz CT molecular complexity index is 203. The van der Waals surface area contributed by atoms with E-state index in [-0.39, 0.29) is 5.92 Å². The minimum absolute atomic E-state index is 0.204. The number of hydrogen-bond acceptors (Lipinski definition) is 2. The normalized spacial score (nSPS) is 31.4. The van der Waals surface area contributed by atoms with E-state index in [1.54, 1.807) is 0 Å². The van der Waals surface area contributed by atoms with E-state index < -0.39 is 0 Å². The van der Waals surface area contributed by atoms with E-state index in [9.17, 15) is 0 Å². The Kier molecular flexibility index (Phi) is 3.93. The van der Waals surface area contributed by atoms with E-state index in [1.165, 1.54) is 19.5 Å². The summed E-state index contributed by atoms with van der Waals surface area (Å²) in [6.07, 6.45) is 1.28. The smallest absolute Gasteiger partial charge is 0.0947 e. The van der Waals surface area contributed by atoms with E-state index >= 15 is 0 Å². The first-order valence-corrected chi connectivity index (χ1v) is 5.57. The van der Waals surface area contributed by atoms with Crippen molar-refractivity contribution in [2.45, 2.75) is 27.2 Å². The van der Waals surface area contributed by atoms with Crippen molar-refractivity contribution in [1.82, 2.24) is 4.90 Å². The van der Waals surface area contributed by atoms with Gasteiger partial charge in [0.05, 0.1) is 5.84 Å². The molecule has 1 fully saturated rings. The summed E-state index contributed by atoms with van der Waals surface area (Å²) >= 11 is 0. The molecule has 14 heavy (non-hydrogen) atoms. The van der Waals surface area contributed by atoms with Crippen molar-refractivity contribution >= 4 is 5.84 Å². The second-order valence-electron chi connectivity index (χ2n) is 4.86. The van der Waals surface area contributed by atoms with Gasteiger partial charge in [-0.25, -0.2) is 0 Å². The maximum atomic E-state index is 7.36. The number of amidine groups is 1. The molecule has 82 valence electrons. The molecular weight excluding hydrogens is 174 g/mol. The summed E-state index contributed by atoms with van der Waals surface area (Å²) in [7, 11) is 0. The summed E-state index contributed by atoms with van der Waals surface area (Å²) in [5.74, 6) is 2.15. The lowest BCUT2D eigenvalue weighted by Crippen LogP contribution is -2.42. The topological polar surface area (TPSA) is 53.1 Å². The van der Waals surface area contributed by atoms with Gasteiger partial charge in [-0.05, 0) is 24.8 Å². The van der Waals surface area contributed by atoms with Crippen LogP contribution in [0.3, 0.4) is 0 Å². The number of likely N-dealkylation sites (tertiary alicyclic amines) is 1. The molecule has 0 aliphatic carbocycles. The highest BCUT2D eigenvalue weighted by Gasteiger charge is 2.23.